The first-order valence-electron chi connectivity index (χ1n) is 4.04. The molecule has 0 bridgehead atoms. The molecular formula is C9H13FN2. The molecule has 0 unspecified atom stereocenters. The molecule has 66 valence electrons. The maximum atomic E-state index is 12.6. The molecular weight excluding hydrogens is 155 g/mol. The molecule has 1 aromatic heterocycles. The molecule has 0 saturated heterocycles. The van der Waals surface area contributed by atoms with Crippen molar-refractivity contribution in [1.82, 2.24) is 4.98 Å². The van der Waals surface area contributed by atoms with Crippen LogP contribution < -0.4 is 5.73 Å². The zero-order valence-electron chi connectivity index (χ0n) is 7.13. The van der Waals surface area contributed by atoms with Gasteiger partial charge in [-0.05, 0) is 31.9 Å². The first kappa shape index (κ1) is 9.13. The smallest absolute Gasteiger partial charge is 0.126 e. The predicted octanol–water partition coefficient (Wildman–Crippen LogP) is 1.50. The summed E-state index contributed by atoms with van der Waals surface area (Å²) in [5.41, 5.74) is 6.33. The minimum absolute atomic E-state index is 0.148. The van der Waals surface area contributed by atoms with E-state index in [2.05, 4.69) is 4.98 Å². The summed E-state index contributed by atoms with van der Waals surface area (Å²) in [4.78, 5) is 4.02. The Bertz CT molecular complexity index is 248. The fourth-order valence-corrected chi connectivity index (χ4v) is 0.961. The first-order chi connectivity index (χ1) is 5.68. The third-order valence-corrected chi connectivity index (χ3v) is 1.63. The highest BCUT2D eigenvalue weighted by Gasteiger charge is 1.98. The minimum Gasteiger partial charge on any atom is -0.328 e. The second kappa shape index (κ2) is 4.16. The van der Waals surface area contributed by atoms with Gasteiger partial charge in [0.1, 0.15) is 5.82 Å². The molecule has 0 radical (unpaired) electrons. The van der Waals surface area contributed by atoms with Gasteiger partial charge in [0.15, 0.2) is 0 Å². The Morgan fingerprint density at radius 1 is 1.67 bits per heavy atom. The fraction of sp³-hybridized carbons (Fsp3) is 0.444. The number of aromatic nitrogens is 1. The van der Waals surface area contributed by atoms with Crippen molar-refractivity contribution in [2.45, 2.75) is 25.8 Å². The van der Waals surface area contributed by atoms with Crippen molar-refractivity contribution in [2.75, 3.05) is 0 Å². The average Bonchev–Trinajstić information content (AvgIpc) is 2.01. The maximum Gasteiger partial charge on any atom is 0.126 e. The van der Waals surface area contributed by atoms with Crippen LogP contribution >= 0.6 is 0 Å². The zero-order valence-corrected chi connectivity index (χ0v) is 7.13. The van der Waals surface area contributed by atoms with Crippen LogP contribution in [0.1, 0.15) is 19.0 Å². The van der Waals surface area contributed by atoms with E-state index in [4.69, 9.17) is 5.73 Å². The van der Waals surface area contributed by atoms with Gasteiger partial charge in [0.25, 0.3) is 0 Å². The highest BCUT2D eigenvalue weighted by molar-refractivity contribution is 5.06. The third kappa shape index (κ3) is 2.96. The van der Waals surface area contributed by atoms with E-state index in [9.17, 15) is 4.39 Å². The molecule has 0 aliphatic carbocycles. The molecule has 3 heteroatoms. The number of rotatable bonds is 3. The summed E-state index contributed by atoms with van der Waals surface area (Å²) >= 11 is 0. The molecule has 0 aliphatic heterocycles. The summed E-state index contributed by atoms with van der Waals surface area (Å²) in [5, 5.41) is 0. The van der Waals surface area contributed by atoms with Gasteiger partial charge >= 0.3 is 0 Å². The third-order valence-electron chi connectivity index (χ3n) is 1.63. The Balaban J connectivity index is 2.52. The van der Waals surface area contributed by atoms with Crippen molar-refractivity contribution >= 4 is 0 Å². The van der Waals surface area contributed by atoms with Crippen LogP contribution in [0.2, 0.25) is 0 Å². The number of pyridine rings is 1. The van der Waals surface area contributed by atoms with Crippen LogP contribution in [0.25, 0.3) is 0 Å². The van der Waals surface area contributed by atoms with Gasteiger partial charge < -0.3 is 5.73 Å². The molecule has 0 fully saturated rings. The topological polar surface area (TPSA) is 38.9 Å². The quantitative estimate of drug-likeness (QED) is 0.742. The van der Waals surface area contributed by atoms with E-state index in [-0.39, 0.29) is 11.9 Å². The maximum absolute atomic E-state index is 12.6. The lowest BCUT2D eigenvalue weighted by molar-refractivity contribution is 0.613. The Hall–Kier alpha value is -0.960. The molecule has 0 saturated carbocycles. The highest BCUT2D eigenvalue weighted by Crippen LogP contribution is 2.03. The van der Waals surface area contributed by atoms with Crippen molar-refractivity contribution < 1.29 is 4.39 Å². The summed E-state index contributed by atoms with van der Waals surface area (Å²) in [6.07, 6.45) is 3.07. The normalized spacial score (nSPS) is 12.9. The monoisotopic (exact) mass is 168 g/mol. The molecule has 0 spiro atoms. The number of hydrogen-bond acceptors (Lipinski definition) is 2. The second-order valence-electron chi connectivity index (χ2n) is 2.98. The largest absolute Gasteiger partial charge is 0.328 e. The fourth-order valence-electron chi connectivity index (χ4n) is 0.961. The van der Waals surface area contributed by atoms with E-state index in [1.807, 2.05) is 6.92 Å². The number of nitrogens with two attached hydrogens (primary N) is 1. The molecule has 0 aliphatic rings. The van der Waals surface area contributed by atoms with Crippen molar-refractivity contribution in [1.29, 1.82) is 0 Å². The van der Waals surface area contributed by atoms with Crippen molar-refractivity contribution in [3.8, 4) is 0 Å². The van der Waals surface area contributed by atoms with E-state index in [1.165, 1.54) is 18.3 Å². The van der Waals surface area contributed by atoms with Crippen LogP contribution in [0.5, 0.6) is 0 Å². The molecule has 12 heavy (non-hydrogen) atoms. The molecule has 2 nitrogen and oxygen atoms in total. The molecule has 1 atom stereocenters. The summed E-state index contributed by atoms with van der Waals surface area (Å²) in [5.74, 6) is -0.232. The van der Waals surface area contributed by atoms with Gasteiger partial charge in [-0.15, -0.1) is 0 Å². The second-order valence-corrected chi connectivity index (χ2v) is 2.98. The first-order valence-corrected chi connectivity index (χ1v) is 4.04. The van der Waals surface area contributed by atoms with Gasteiger partial charge in [-0.25, -0.2) is 4.39 Å². The predicted molar refractivity (Wildman–Crippen MR) is 46.2 cm³/mol. The molecule has 0 amide bonds. The van der Waals surface area contributed by atoms with Crippen molar-refractivity contribution in [2.24, 2.45) is 5.73 Å². The summed E-state index contributed by atoms with van der Waals surface area (Å²) in [6.45, 7) is 1.93. The Labute approximate surface area is 71.6 Å². The number of hydrogen-bond donors (Lipinski definition) is 1. The molecule has 1 heterocycles. The zero-order chi connectivity index (χ0) is 8.97. The van der Waals surface area contributed by atoms with Crippen LogP contribution in [0, 0.1) is 5.82 Å². The van der Waals surface area contributed by atoms with Gasteiger partial charge in [-0.2, -0.15) is 0 Å². The molecule has 0 aromatic carbocycles. The van der Waals surface area contributed by atoms with Gasteiger partial charge in [-0.1, -0.05) is 0 Å². The van der Waals surface area contributed by atoms with E-state index in [0.717, 1.165) is 18.5 Å². The lowest BCUT2D eigenvalue weighted by Gasteiger charge is -2.03. The lowest BCUT2D eigenvalue weighted by Crippen LogP contribution is -2.15. The standard InChI is InChI=1S/C9H13FN2/c1-7(11)2-3-9-6-8(10)4-5-12-9/h4-7H,2-3,11H2,1H3/t7-/m0/s1. The Morgan fingerprint density at radius 2 is 2.42 bits per heavy atom. The highest BCUT2D eigenvalue weighted by atomic mass is 19.1. The molecule has 1 rings (SSSR count). The van der Waals surface area contributed by atoms with E-state index >= 15 is 0 Å². The van der Waals surface area contributed by atoms with Gasteiger partial charge in [0.2, 0.25) is 0 Å². The SMILES string of the molecule is C[C@H](N)CCc1cc(F)ccn1. The van der Waals surface area contributed by atoms with Crippen molar-refractivity contribution in [3.63, 3.8) is 0 Å². The van der Waals surface area contributed by atoms with Crippen molar-refractivity contribution in [3.05, 3.63) is 29.8 Å². The Morgan fingerprint density at radius 3 is 3.00 bits per heavy atom. The van der Waals surface area contributed by atoms with Gasteiger partial charge in [-0.3, -0.25) is 4.98 Å². The summed E-state index contributed by atoms with van der Waals surface area (Å²) in [6, 6.07) is 2.94. The van der Waals surface area contributed by atoms with Crippen LogP contribution in [0.15, 0.2) is 18.3 Å². The minimum atomic E-state index is -0.232. The molecule has 1 aromatic rings. The summed E-state index contributed by atoms with van der Waals surface area (Å²) < 4.78 is 12.6. The van der Waals surface area contributed by atoms with E-state index < -0.39 is 0 Å². The van der Waals surface area contributed by atoms with E-state index in [1.54, 1.807) is 0 Å². The number of halogens is 1. The Kier molecular flexibility index (Phi) is 3.17. The van der Waals surface area contributed by atoms with Crippen LogP contribution in [-0.4, -0.2) is 11.0 Å². The van der Waals surface area contributed by atoms with Gasteiger partial charge in [0.05, 0.1) is 0 Å². The lowest BCUT2D eigenvalue weighted by atomic mass is 10.1. The van der Waals surface area contributed by atoms with Crippen LogP contribution in [0.4, 0.5) is 4.39 Å². The number of nitrogens with zero attached hydrogens (tertiary/aromatic N) is 1. The van der Waals surface area contributed by atoms with E-state index in [0.29, 0.717) is 0 Å². The van der Waals surface area contributed by atoms with Crippen LogP contribution in [0.3, 0.4) is 0 Å². The van der Waals surface area contributed by atoms with Gasteiger partial charge in [0, 0.05) is 17.9 Å². The average molecular weight is 168 g/mol. The molecule has 2 N–H and O–H groups in total. The number of aryl methyl sites for hydroxylation is 1. The van der Waals surface area contributed by atoms with Crippen LogP contribution in [-0.2, 0) is 6.42 Å². The summed E-state index contributed by atoms with van der Waals surface area (Å²) in [7, 11) is 0.